The van der Waals surface area contributed by atoms with E-state index in [0.29, 0.717) is 11.3 Å². The third-order valence-corrected chi connectivity index (χ3v) is 1.75. The van der Waals surface area contributed by atoms with Crippen LogP contribution in [0.4, 0.5) is 11.4 Å². The van der Waals surface area contributed by atoms with Crippen molar-refractivity contribution in [2.45, 2.75) is 13.3 Å². The molecule has 0 atom stereocenters. The summed E-state index contributed by atoms with van der Waals surface area (Å²) in [6, 6.07) is 7.44. The summed E-state index contributed by atoms with van der Waals surface area (Å²) in [5.74, 6) is 0. The van der Waals surface area contributed by atoms with Gasteiger partial charge in [0, 0.05) is 17.9 Å². The second-order valence-electron chi connectivity index (χ2n) is 2.84. The van der Waals surface area contributed by atoms with Gasteiger partial charge in [-0.1, -0.05) is 6.92 Å². The monoisotopic (exact) mass is 175 g/mol. The van der Waals surface area contributed by atoms with E-state index in [0.717, 1.165) is 18.7 Å². The smallest absolute Gasteiger partial charge is 0.101 e. The van der Waals surface area contributed by atoms with Gasteiger partial charge in [0.15, 0.2) is 0 Å². The van der Waals surface area contributed by atoms with Crippen molar-refractivity contribution in [3.63, 3.8) is 0 Å². The number of nitrogen functional groups attached to an aromatic ring is 1. The molecule has 0 aliphatic heterocycles. The number of nitriles is 1. The van der Waals surface area contributed by atoms with E-state index in [2.05, 4.69) is 12.2 Å². The van der Waals surface area contributed by atoms with Crippen LogP contribution in [0.3, 0.4) is 0 Å². The predicted octanol–water partition coefficient (Wildman–Crippen LogP) is 1.96. The van der Waals surface area contributed by atoms with Crippen molar-refractivity contribution in [1.29, 1.82) is 5.26 Å². The van der Waals surface area contributed by atoms with E-state index < -0.39 is 0 Å². The van der Waals surface area contributed by atoms with E-state index >= 15 is 0 Å². The van der Waals surface area contributed by atoms with Crippen LogP contribution in [0.2, 0.25) is 0 Å². The molecule has 3 N–H and O–H groups in total. The molecule has 0 spiro atoms. The van der Waals surface area contributed by atoms with Gasteiger partial charge in [-0.25, -0.2) is 0 Å². The second kappa shape index (κ2) is 4.36. The topological polar surface area (TPSA) is 61.8 Å². The molecule has 0 heterocycles. The van der Waals surface area contributed by atoms with E-state index in [9.17, 15) is 0 Å². The van der Waals surface area contributed by atoms with Crippen LogP contribution in [0.15, 0.2) is 18.2 Å². The van der Waals surface area contributed by atoms with Crippen molar-refractivity contribution in [1.82, 2.24) is 0 Å². The summed E-state index contributed by atoms with van der Waals surface area (Å²) in [5, 5.41) is 11.9. The van der Waals surface area contributed by atoms with Crippen LogP contribution in [-0.4, -0.2) is 6.54 Å². The number of nitrogens with two attached hydrogens (primary N) is 1. The Kier molecular flexibility index (Phi) is 3.15. The largest absolute Gasteiger partial charge is 0.398 e. The molecule has 3 nitrogen and oxygen atoms in total. The van der Waals surface area contributed by atoms with E-state index in [1.807, 2.05) is 12.1 Å². The summed E-state index contributed by atoms with van der Waals surface area (Å²) >= 11 is 0. The first-order chi connectivity index (χ1) is 6.27. The molecular formula is C10H13N3. The molecule has 13 heavy (non-hydrogen) atoms. The molecule has 1 aromatic rings. The fourth-order valence-corrected chi connectivity index (χ4v) is 1.03. The van der Waals surface area contributed by atoms with E-state index in [-0.39, 0.29) is 0 Å². The van der Waals surface area contributed by atoms with Crippen molar-refractivity contribution in [2.75, 3.05) is 17.6 Å². The van der Waals surface area contributed by atoms with Crippen LogP contribution in [0.25, 0.3) is 0 Å². The van der Waals surface area contributed by atoms with E-state index in [1.54, 1.807) is 12.1 Å². The molecule has 0 radical (unpaired) electrons. The third kappa shape index (κ3) is 2.38. The lowest BCUT2D eigenvalue weighted by atomic mass is 10.2. The first-order valence-electron chi connectivity index (χ1n) is 4.31. The summed E-state index contributed by atoms with van der Waals surface area (Å²) in [6.45, 7) is 3.00. The summed E-state index contributed by atoms with van der Waals surface area (Å²) < 4.78 is 0. The molecule has 0 aliphatic rings. The van der Waals surface area contributed by atoms with Gasteiger partial charge in [0.05, 0.1) is 5.56 Å². The maximum absolute atomic E-state index is 8.71. The minimum absolute atomic E-state index is 0.529. The highest BCUT2D eigenvalue weighted by atomic mass is 14.9. The number of hydrogen-bond acceptors (Lipinski definition) is 3. The summed E-state index contributed by atoms with van der Waals surface area (Å²) in [5.41, 5.74) is 7.59. The molecule has 0 bridgehead atoms. The van der Waals surface area contributed by atoms with Gasteiger partial charge in [0.1, 0.15) is 6.07 Å². The average molecular weight is 175 g/mol. The number of anilines is 2. The normalized spacial score (nSPS) is 9.23. The lowest BCUT2D eigenvalue weighted by molar-refractivity contribution is 0.980. The van der Waals surface area contributed by atoms with Gasteiger partial charge in [0.25, 0.3) is 0 Å². The highest BCUT2D eigenvalue weighted by molar-refractivity contribution is 5.61. The number of rotatable bonds is 3. The van der Waals surface area contributed by atoms with Crippen LogP contribution >= 0.6 is 0 Å². The van der Waals surface area contributed by atoms with Crippen LogP contribution in [0.1, 0.15) is 18.9 Å². The summed E-state index contributed by atoms with van der Waals surface area (Å²) in [7, 11) is 0. The Morgan fingerprint density at radius 2 is 2.31 bits per heavy atom. The molecule has 0 unspecified atom stereocenters. The van der Waals surface area contributed by atoms with Gasteiger partial charge in [-0.05, 0) is 24.6 Å². The number of nitrogens with zero attached hydrogens (tertiary/aromatic N) is 1. The molecule has 0 amide bonds. The molecule has 1 rings (SSSR count). The Balaban J connectivity index is 2.82. The molecule has 0 saturated carbocycles. The Bertz CT molecular complexity index is 325. The van der Waals surface area contributed by atoms with Crippen LogP contribution < -0.4 is 11.1 Å². The molecule has 0 aromatic heterocycles. The highest BCUT2D eigenvalue weighted by Crippen LogP contribution is 2.16. The molecule has 0 fully saturated rings. The van der Waals surface area contributed by atoms with Gasteiger partial charge < -0.3 is 11.1 Å². The van der Waals surface area contributed by atoms with Crippen LogP contribution in [-0.2, 0) is 0 Å². The predicted molar refractivity (Wildman–Crippen MR) is 54.4 cm³/mol. The summed E-state index contributed by atoms with van der Waals surface area (Å²) in [6.07, 6.45) is 1.06. The van der Waals surface area contributed by atoms with Crippen molar-refractivity contribution < 1.29 is 0 Å². The fraction of sp³-hybridized carbons (Fsp3) is 0.300. The average Bonchev–Trinajstić information content (AvgIpc) is 2.16. The number of nitrogens with one attached hydrogen (secondary N) is 1. The standard InChI is InChI=1S/C10H13N3/c1-2-5-13-9-3-4-10(12)8(6-9)7-11/h3-4,6,13H,2,5,12H2,1H3. The maximum Gasteiger partial charge on any atom is 0.101 e. The minimum Gasteiger partial charge on any atom is -0.398 e. The van der Waals surface area contributed by atoms with Gasteiger partial charge in [-0.15, -0.1) is 0 Å². The first-order valence-corrected chi connectivity index (χ1v) is 4.31. The molecule has 1 aromatic carbocycles. The van der Waals surface area contributed by atoms with Crippen LogP contribution in [0.5, 0.6) is 0 Å². The zero-order valence-electron chi connectivity index (χ0n) is 7.67. The van der Waals surface area contributed by atoms with Crippen molar-refractivity contribution in [3.05, 3.63) is 23.8 Å². The third-order valence-electron chi connectivity index (χ3n) is 1.75. The molecular weight excluding hydrogens is 162 g/mol. The Labute approximate surface area is 78.2 Å². The van der Waals surface area contributed by atoms with Crippen LogP contribution in [0, 0.1) is 11.3 Å². The Morgan fingerprint density at radius 3 is 2.92 bits per heavy atom. The number of benzene rings is 1. The Morgan fingerprint density at radius 1 is 1.54 bits per heavy atom. The first kappa shape index (κ1) is 9.40. The highest BCUT2D eigenvalue weighted by Gasteiger charge is 1.98. The molecule has 0 aliphatic carbocycles. The summed E-state index contributed by atoms with van der Waals surface area (Å²) in [4.78, 5) is 0. The molecule has 68 valence electrons. The number of hydrogen-bond donors (Lipinski definition) is 2. The Hall–Kier alpha value is -1.69. The fourth-order valence-electron chi connectivity index (χ4n) is 1.03. The zero-order valence-corrected chi connectivity index (χ0v) is 7.67. The maximum atomic E-state index is 8.71. The molecule has 3 heteroatoms. The second-order valence-corrected chi connectivity index (χ2v) is 2.84. The SMILES string of the molecule is CCCNc1ccc(N)c(C#N)c1. The quantitative estimate of drug-likeness (QED) is 0.690. The van der Waals surface area contributed by atoms with E-state index in [4.69, 9.17) is 11.0 Å². The lowest BCUT2D eigenvalue weighted by Gasteiger charge is -2.05. The van der Waals surface area contributed by atoms with Crippen molar-refractivity contribution in [2.24, 2.45) is 0 Å². The van der Waals surface area contributed by atoms with Gasteiger partial charge in [-0.2, -0.15) is 5.26 Å². The lowest BCUT2D eigenvalue weighted by Crippen LogP contribution is -2.00. The van der Waals surface area contributed by atoms with Gasteiger partial charge in [-0.3, -0.25) is 0 Å². The van der Waals surface area contributed by atoms with E-state index in [1.165, 1.54) is 0 Å². The van der Waals surface area contributed by atoms with Gasteiger partial charge >= 0.3 is 0 Å². The van der Waals surface area contributed by atoms with Gasteiger partial charge in [0.2, 0.25) is 0 Å². The van der Waals surface area contributed by atoms with Crippen molar-refractivity contribution in [3.8, 4) is 6.07 Å². The zero-order chi connectivity index (χ0) is 9.68. The molecule has 0 saturated heterocycles. The minimum atomic E-state index is 0.529. The van der Waals surface area contributed by atoms with Crippen molar-refractivity contribution >= 4 is 11.4 Å².